The number of nitrogens with one attached hydrogen (secondary N) is 3. The Kier molecular flexibility index (Phi) is 1.28. The van der Waals surface area contributed by atoms with Crippen molar-refractivity contribution >= 4 is 29.2 Å². The number of nitrogens with two attached hydrogens (primary N) is 1. The van der Waals surface area contributed by atoms with Gasteiger partial charge in [0, 0.05) is 0 Å². The second kappa shape index (κ2) is 2.18. The van der Waals surface area contributed by atoms with E-state index in [2.05, 4.69) is 19.9 Å². The lowest BCUT2D eigenvalue weighted by atomic mass is 10.5. The molecule has 0 spiro atoms. The van der Waals surface area contributed by atoms with Crippen molar-refractivity contribution in [2.75, 3.05) is 5.73 Å². The molecule has 0 saturated carbocycles. The van der Waals surface area contributed by atoms with Crippen LogP contribution in [0.5, 0.6) is 0 Å². The van der Waals surface area contributed by atoms with Crippen molar-refractivity contribution in [1.29, 1.82) is 0 Å². The van der Waals surface area contributed by atoms with Crippen LogP contribution in [-0.4, -0.2) is 19.9 Å². The molecule has 0 aliphatic rings. The van der Waals surface area contributed by atoms with Crippen LogP contribution in [-0.2, 0) is 0 Å². The summed E-state index contributed by atoms with van der Waals surface area (Å²) in [5.41, 5.74) is 5.89. The Balaban J connectivity index is 3.07. The molecule has 0 bridgehead atoms. The first kappa shape index (κ1) is 7.04. The number of H-pyrrole nitrogens is 3. The molecule has 0 aliphatic carbocycles. The van der Waals surface area contributed by atoms with E-state index < -0.39 is 5.69 Å². The van der Waals surface area contributed by atoms with Crippen LogP contribution < -0.4 is 11.4 Å². The molecule has 5 N–H and O–H groups in total. The topological polar surface area (TPSA) is 103 Å². The minimum absolute atomic E-state index is 0.234. The molecule has 0 amide bonds. The second-order valence-electron chi connectivity index (χ2n) is 2.26. The Bertz CT molecular complexity index is 534. The van der Waals surface area contributed by atoms with E-state index in [0.717, 1.165) is 0 Å². The minimum atomic E-state index is -0.495. The van der Waals surface area contributed by atoms with Crippen molar-refractivity contribution in [3.8, 4) is 0 Å². The van der Waals surface area contributed by atoms with Gasteiger partial charge in [-0.25, -0.2) is 4.79 Å². The van der Waals surface area contributed by atoms with E-state index in [1.807, 2.05) is 0 Å². The van der Waals surface area contributed by atoms with Crippen LogP contribution in [0.15, 0.2) is 4.79 Å². The summed E-state index contributed by atoms with van der Waals surface area (Å²) in [6, 6.07) is 0. The van der Waals surface area contributed by atoms with Crippen molar-refractivity contribution < 1.29 is 0 Å². The number of fused-ring (bicyclic) bond motifs is 1. The lowest BCUT2D eigenvalue weighted by molar-refractivity contribution is 1.11. The molecule has 62 valence electrons. The molecular weight excluding hydrogens is 178 g/mol. The van der Waals surface area contributed by atoms with Gasteiger partial charge in [0.25, 0.3) is 0 Å². The first-order valence-electron chi connectivity index (χ1n) is 3.14. The van der Waals surface area contributed by atoms with Gasteiger partial charge in [-0.3, -0.25) is 4.98 Å². The van der Waals surface area contributed by atoms with Gasteiger partial charge >= 0.3 is 5.69 Å². The number of hydrogen-bond donors (Lipinski definition) is 4. The molecule has 0 saturated heterocycles. The third-order valence-electron chi connectivity index (χ3n) is 1.43. The number of aromatic nitrogens is 4. The fourth-order valence-corrected chi connectivity index (χ4v) is 1.16. The Morgan fingerprint density at radius 3 is 2.83 bits per heavy atom. The van der Waals surface area contributed by atoms with Gasteiger partial charge in [0.1, 0.15) is 11.3 Å². The molecule has 2 heterocycles. The van der Waals surface area contributed by atoms with Crippen molar-refractivity contribution in [3.05, 3.63) is 15.3 Å². The summed E-state index contributed by atoms with van der Waals surface area (Å²) in [5, 5.41) is 0. The van der Waals surface area contributed by atoms with Crippen LogP contribution in [0.25, 0.3) is 11.2 Å². The van der Waals surface area contributed by atoms with Crippen molar-refractivity contribution in [2.24, 2.45) is 0 Å². The zero-order valence-corrected chi connectivity index (χ0v) is 6.66. The Hall–Kier alpha value is -1.63. The average Bonchev–Trinajstić information content (AvgIpc) is 2.29. The quantitative estimate of drug-likeness (QED) is 0.428. The van der Waals surface area contributed by atoms with E-state index in [1.165, 1.54) is 0 Å². The number of aromatic amines is 3. The number of nitrogens with zero attached hydrogens (tertiary/aromatic N) is 1. The molecule has 12 heavy (non-hydrogen) atoms. The molecule has 2 aromatic heterocycles. The third-order valence-corrected chi connectivity index (χ3v) is 1.64. The molecule has 7 heteroatoms. The second-order valence-corrected chi connectivity index (χ2v) is 2.67. The molecule has 6 nitrogen and oxygen atoms in total. The molecule has 0 atom stereocenters. The lowest BCUT2D eigenvalue weighted by Gasteiger charge is -1.91. The third kappa shape index (κ3) is 0.909. The summed E-state index contributed by atoms with van der Waals surface area (Å²) in [7, 11) is 0. The maximum Gasteiger partial charge on any atom is 0.348 e. The molecule has 0 unspecified atom stereocenters. The van der Waals surface area contributed by atoms with Gasteiger partial charge in [0.2, 0.25) is 0 Å². The van der Waals surface area contributed by atoms with Crippen LogP contribution >= 0.6 is 12.2 Å². The van der Waals surface area contributed by atoms with E-state index in [4.69, 9.17) is 18.0 Å². The standard InChI is InChI=1S/C5H5N5OS/c6-2-1-3(9-4(11)8-2)10-5(12)7-1/h(H5,6,7,8,9,10,11,12). The highest BCUT2D eigenvalue weighted by molar-refractivity contribution is 7.71. The van der Waals surface area contributed by atoms with Crippen molar-refractivity contribution in [1.82, 2.24) is 19.9 Å². The van der Waals surface area contributed by atoms with Crippen molar-refractivity contribution in [3.63, 3.8) is 0 Å². The number of anilines is 1. The Labute approximate surface area is 70.8 Å². The summed E-state index contributed by atoms with van der Waals surface area (Å²) in [6.07, 6.45) is 0. The predicted molar refractivity (Wildman–Crippen MR) is 46.3 cm³/mol. The monoisotopic (exact) mass is 183 g/mol. The maximum atomic E-state index is 10.8. The number of rotatable bonds is 0. The molecular formula is C5H5N5OS. The lowest BCUT2D eigenvalue weighted by Crippen LogP contribution is -2.12. The van der Waals surface area contributed by atoms with E-state index in [-0.39, 0.29) is 5.82 Å². The van der Waals surface area contributed by atoms with E-state index in [0.29, 0.717) is 15.9 Å². The molecule has 0 radical (unpaired) electrons. The summed E-state index contributed by atoms with van der Waals surface area (Å²) >= 11 is 4.79. The highest BCUT2D eigenvalue weighted by atomic mass is 32.1. The first-order chi connectivity index (χ1) is 5.66. The highest BCUT2D eigenvalue weighted by Gasteiger charge is 2.02. The zero-order chi connectivity index (χ0) is 8.72. The fraction of sp³-hybridized carbons (Fsp3) is 0. The van der Waals surface area contributed by atoms with Gasteiger partial charge in [-0.15, -0.1) is 0 Å². The van der Waals surface area contributed by atoms with Crippen LogP contribution in [0.4, 0.5) is 5.82 Å². The molecule has 2 rings (SSSR count). The van der Waals surface area contributed by atoms with E-state index in [1.54, 1.807) is 0 Å². The van der Waals surface area contributed by atoms with Crippen molar-refractivity contribution in [2.45, 2.75) is 0 Å². The predicted octanol–water partition coefficient (Wildman–Crippen LogP) is -0.109. The van der Waals surface area contributed by atoms with Gasteiger partial charge in [-0.2, -0.15) is 4.98 Å². The van der Waals surface area contributed by atoms with E-state index in [9.17, 15) is 4.79 Å². The minimum Gasteiger partial charge on any atom is -0.383 e. The van der Waals surface area contributed by atoms with E-state index >= 15 is 0 Å². The number of imidazole rings is 1. The van der Waals surface area contributed by atoms with Gasteiger partial charge in [0.05, 0.1) is 0 Å². The van der Waals surface area contributed by atoms with Gasteiger partial charge in [-0.1, -0.05) is 0 Å². The van der Waals surface area contributed by atoms with Gasteiger partial charge in [0.15, 0.2) is 10.4 Å². The zero-order valence-electron chi connectivity index (χ0n) is 5.84. The smallest absolute Gasteiger partial charge is 0.348 e. The van der Waals surface area contributed by atoms with Crippen LogP contribution in [0.2, 0.25) is 0 Å². The fourth-order valence-electron chi connectivity index (χ4n) is 0.960. The number of hydrogen-bond acceptors (Lipinski definition) is 4. The summed E-state index contributed by atoms with van der Waals surface area (Å²) in [5.74, 6) is 0.234. The molecule has 0 aromatic carbocycles. The Morgan fingerprint density at radius 2 is 2.08 bits per heavy atom. The Morgan fingerprint density at radius 1 is 1.33 bits per heavy atom. The highest BCUT2D eigenvalue weighted by Crippen LogP contribution is 2.08. The van der Waals surface area contributed by atoms with Gasteiger partial charge in [-0.05, 0) is 12.2 Å². The van der Waals surface area contributed by atoms with Crippen LogP contribution in [0.3, 0.4) is 0 Å². The number of nitrogen functional groups attached to an aromatic ring is 1. The summed E-state index contributed by atoms with van der Waals surface area (Å²) < 4.78 is 0.392. The van der Waals surface area contributed by atoms with Crippen LogP contribution in [0.1, 0.15) is 0 Å². The SMILES string of the molecule is Nc1[nH]c(=O)nc2[nH]c(=S)[nH]c12. The average molecular weight is 183 g/mol. The first-order valence-corrected chi connectivity index (χ1v) is 3.55. The summed E-state index contributed by atoms with van der Waals surface area (Å²) in [6.45, 7) is 0. The molecule has 0 fully saturated rings. The largest absolute Gasteiger partial charge is 0.383 e. The normalized spacial score (nSPS) is 10.7. The maximum absolute atomic E-state index is 10.8. The summed E-state index contributed by atoms with van der Waals surface area (Å²) in [4.78, 5) is 22.2. The molecule has 0 aliphatic heterocycles. The molecule has 2 aromatic rings. The van der Waals surface area contributed by atoms with Gasteiger partial charge < -0.3 is 15.7 Å². The van der Waals surface area contributed by atoms with Crippen LogP contribution in [0, 0.1) is 4.77 Å².